The molecular weight excluding hydrogens is 952 g/mol. The van der Waals surface area contributed by atoms with Gasteiger partial charge in [-0.05, 0) is 92.9 Å². The average molecular weight is 1000 g/mol. The van der Waals surface area contributed by atoms with E-state index < -0.39 is 0 Å². The van der Waals surface area contributed by atoms with Crippen molar-refractivity contribution in [1.82, 2.24) is 14.1 Å². The molecule has 0 saturated carbocycles. The third kappa shape index (κ3) is 7.92. The van der Waals surface area contributed by atoms with E-state index in [0.29, 0.717) is 17.4 Å². The molecule has 0 aliphatic carbocycles. The maximum atomic E-state index is 6.69. The average Bonchev–Trinajstić information content (AvgIpc) is 3.83. The second-order valence-corrected chi connectivity index (χ2v) is 17.7. The number of fused-ring (bicyclic) bond motifs is 4. The quantitative estimate of drug-likeness (QED) is 0.107. The molecule has 0 spiro atoms. The summed E-state index contributed by atoms with van der Waals surface area (Å²) >= 11 is 0. The fourth-order valence-electron chi connectivity index (χ4n) is 8.76. The first-order valence-electron chi connectivity index (χ1n) is 21.5. The predicted molar refractivity (Wildman–Crippen MR) is 253 cm³/mol. The summed E-state index contributed by atoms with van der Waals surface area (Å²) < 4.78 is 13.2. The fraction of sp³-hybridized carbons (Fsp3) is 0.158. The normalized spacial score (nSPS) is 11.7. The summed E-state index contributed by atoms with van der Waals surface area (Å²) in [4.78, 5) is 4.91. The van der Waals surface area contributed by atoms with E-state index in [1.165, 1.54) is 16.5 Å². The summed E-state index contributed by atoms with van der Waals surface area (Å²) in [6.45, 7) is 13.4. The van der Waals surface area contributed by atoms with Gasteiger partial charge in [0, 0.05) is 44.3 Å². The van der Waals surface area contributed by atoms with E-state index in [9.17, 15) is 0 Å². The van der Waals surface area contributed by atoms with E-state index >= 15 is 0 Å². The summed E-state index contributed by atoms with van der Waals surface area (Å²) in [7, 11) is 0. The van der Waals surface area contributed by atoms with Gasteiger partial charge in [-0.25, -0.2) is 4.98 Å². The van der Waals surface area contributed by atoms with Gasteiger partial charge in [-0.3, -0.25) is 4.57 Å². The molecule has 0 atom stereocenters. The minimum absolute atomic E-state index is 0. The molecule has 7 aromatic carbocycles. The van der Waals surface area contributed by atoms with Gasteiger partial charge >= 0.3 is 0 Å². The molecule has 63 heavy (non-hydrogen) atoms. The van der Waals surface area contributed by atoms with Gasteiger partial charge in [0.25, 0.3) is 6.33 Å². The molecule has 0 bridgehead atoms. The first kappa shape index (κ1) is 41.8. The Morgan fingerprint density at radius 2 is 1.35 bits per heavy atom. The Labute approximate surface area is 384 Å². The molecule has 314 valence electrons. The van der Waals surface area contributed by atoms with Crippen LogP contribution in [0.4, 0.5) is 0 Å². The molecule has 0 saturated heterocycles. The maximum Gasteiger partial charge on any atom is 0.268 e. The van der Waals surface area contributed by atoms with Crippen LogP contribution in [0.1, 0.15) is 51.3 Å². The van der Waals surface area contributed by atoms with Crippen LogP contribution in [0, 0.1) is 31.3 Å². The van der Waals surface area contributed by atoms with E-state index in [1.807, 2.05) is 24.4 Å². The Morgan fingerprint density at radius 3 is 2.05 bits per heavy atom. The smallest absolute Gasteiger partial charge is 0.268 e. The maximum absolute atomic E-state index is 6.69. The van der Waals surface area contributed by atoms with Gasteiger partial charge in [-0.2, -0.15) is 18.2 Å². The molecule has 3 heterocycles. The van der Waals surface area contributed by atoms with Crippen molar-refractivity contribution in [2.75, 3.05) is 0 Å². The minimum Gasteiger partial charge on any atom is -0.510 e. The molecule has 6 heteroatoms. The second-order valence-electron chi connectivity index (χ2n) is 17.7. The van der Waals surface area contributed by atoms with Crippen molar-refractivity contribution >= 4 is 32.8 Å². The third-order valence-corrected chi connectivity index (χ3v) is 11.7. The first-order valence-corrected chi connectivity index (χ1v) is 21.5. The number of imidazole rings is 1. The van der Waals surface area contributed by atoms with Crippen LogP contribution in [-0.4, -0.2) is 14.1 Å². The van der Waals surface area contributed by atoms with Crippen molar-refractivity contribution in [2.45, 2.75) is 53.4 Å². The Balaban J connectivity index is 0.00000504. The van der Waals surface area contributed by atoms with Gasteiger partial charge in [0.15, 0.2) is 0 Å². The van der Waals surface area contributed by atoms with Gasteiger partial charge in [0.1, 0.15) is 5.82 Å². The van der Waals surface area contributed by atoms with Gasteiger partial charge in [-0.1, -0.05) is 149 Å². The third-order valence-electron chi connectivity index (χ3n) is 11.7. The Bertz CT molecular complexity index is 3210. The van der Waals surface area contributed by atoms with Crippen molar-refractivity contribution in [3.05, 3.63) is 199 Å². The summed E-state index contributed by atoms with van der Waals surface area (Å²) in [6.07, 6.45) is 6.70. The van der Waals surface area contributed by atoms with Crippen LogP contribution in [0.2, 0.25) is 0 Å². The van der Waals surface area contributed by atoms with Crippen molar-refractivity contribution in [3.8, 4) is 50.9 Å². The van der Waals surface area contributed by atoms with Gasteiger partial charge < -0.3 is 13.9 Å². The van der Waals surface area contributed by atoms with E-state index in [4.69, 9.17) is 9.72 Å². The van der Waals surface area contributed by atoms with Crippen LogP contribution in [0.5, 0.6) is 11.5 Å². The number of pyridine rings is 1. The number of aromatic nitrogens is 4. The summed E-state index contributed by atoms with van der Waals surface area (Å²) in [6, 6.07) is 62.8. The van der Waals surface area contributed by atoms with Crippen LogP contribution < -0.4 is 9.30 Å². The SMILES string of the molecule is Cc1cccc2c1[n+](-c1c(-c3ccccc3)cccc1-c1ccccc1)[c-]n2-c1[c-]c(Oc2[c-]c3c(cc2)c2cc(C(C)(C)C)ccc2n3-c2cc(CC(C)C)ccn2)ccc1.[Pt]. The van der Waals surface area contributed by atoms with E-state index in [0.717, 1.165) is 78.9 Å². The number of ether oxygens (including phenoxy) is 1. The Hall–Kier alpha value is -6.55. The number of hydrogen-bond acceptors (Lipinski definition) is 2. The number of aryl methyl sites for hydroxylation is 1. The molecule has 0 fully saturated rings. The second kappa shape index (κ2) is 17.0. The van der Waals surface area contributed by atoms with Crippen LogP contribution in [0.25, 0.3) is 72.3 Å². The number of benzene rings is 7. The molecule has 3 aromatic heterocycles. The number of rotatable bonds is 9. The Morgan fingerprint density at radius 1 is 0.667 bits per heavy atom. The molecule has 0 aliphatic rings. The van der Waals surface area contributed by atoms with Crippen molar-refractivity contribution in [2.24, 2.45) is 5.92 Å². The molecule has 10 aromatic rings. The summed E-state index contributed by atoms with van der Waals surface area (Å²) in [5.74, 6) is 2.58. The van der Waals surface area contributed by atoms with E-state index in [2.05, 4.69) is 213 Å². The monoisotopic (exact) mass is 999 g/mol. The van der Waals surface area contributed by atoms with Gasteiger partial charge in [0.2, 0.25) is 0 Å². The van der Waals surface area contributed by atoms with Crippen LogP contribution >= 0.6 is 0 Å². The zero-order chi connectivity index (χ0) is 42.5. The van der Waals surface area contributed by atoms with E-state index in [1.54, 1.807) is 0 Å². The van der Waals surface area contributed by atoms with Crippen molar-refractivity contribution < 1.29 is 30.4 Å². The van der Waals surface area contributed by atoms with Crippen LogP contribution in [-0.2, 0) is 32.9 Å². The van der Waals surface area contributed by atoms with Crippen molar-refractivity contribution in [1.29, 1.82) is 0 Å². The molecule has 0 radical (unpaired) electrons. The first-order chi connectivity index (χ1) is 30.1. The van der Waals surface area contributed by atoms with Gasteiger partial charge in [0.05, 0.1) is 16.7 Å². The number of nitrogens with zero attached hydrogens (tertiary/aromatic N) is 4. The van der Waals surface area contributed by atoms with E-state index in [-0.39, 0.29) is 26.5 Å². The molecule has 10 rings (SSSR count). The van der Waals surface area contributed by atoms with Crippen LogP contribution in [0.3, 0.4) is 0 Å². The summed E-state index contributed by atoms with van der Waals surface area (Å²) in [5.41, 5.74) is 14.2. The minimum atomic E-state index is 0. The standard InChI is InChI=1S/C57H48N4O.Pt/c1-38(2)32-40-30-31-58-54(33-40)61-51-29-26-43(57(4,5)6)34-50(51)49-28-27-46(36-53(49)61)62-45-22-14-21-44(35-45)59-37-60(55-39(3)16-13-25-52(55)59)56-47(41-17-9-7-10-18-41)23-15-24-48(56)42-19-11-8-12-20-42;/h7-31,33-34,38H,32H2,1-6H3;/q-2;. The number of hydrogen-bond donors (Lipinski definition) is 0. The molecule has 0 aliphatic heterocycles. The molecule has 0 N–H and O–H groups in total. The topological polar surface area (TPSA) is 35.9 Å². The fourth-order valence-corrected chi connectivity index (χ4v) is 8.76. The molecule has 0 unspecified atom stereocenters. The largest absolute Gasteiger partial charge is 0.510 e. The molecular formula is C57H48N4OPt-2. The molecule has 0 amide bonds. The zero-order valence-corrected chi connectivity index (χ0v) is 38.7. The summed E-state index contributed by atoms with van der Waals surface area (Å²) in [5, 5.41) is 2.27. The predicted octanol–water partition coefficient (Wildman–Crippen LogP) is 13.7. The van der Waals surface area contributed by atoms with Gasteiger partial charge in [-0.15, -0.1) is 29.7 Å². The molecule has 5 nitrogen and oxygen atoms in total. The van der Waals surface area contributed by atoms with Crippen LogP contribution in [0.15, 0.2) is 164 Å². The Kier molecular flexibility index (Phi) is 11.2. The zero-order valence-electron chi connectivity index (χ0n) is 36.4. The van der Waals surface area contributed by atoms with Crippen molar-refractivity contribution in [3.63, 3.8) is 0 Å². The number of para-hydroxylation sites is 2.